The van der Waals surface area contributed by atoms with E-state index in [1.807, 2.05) is 0 Å². The number of esters is 1. The van der Waals surface area contributed by atoms with Crippen molar-refractivity contribution in [1.82, 2.24) is 25.1 Å². The summed E-state index contributed by atoms with van der Waals surface area (Å²) in [7, 11) is 1.26. The standard InChI is InChI=1S/C16H15N5O4/c1-25-16(24)12-9-21(8-11-13(12)19-20-15(11)23)7-6-18-14(22)10-2-4-17-5-3-10/h2-5,8-9H,6-7H2,1H3,(H,18,22)(H,20,23). The fraction of sp³-hybridized carbons (Fsp3) is 0.188. The van der Waals surface area contributed by atoms with Crippen molar-refractivity contribution in [3.63, 3.8) is 0 Å². The average Bonchev–Trinajstić information content (AvgIpc) is 3.02. The first-order valence-corrected chi connectivity index (χ1v) is 7.45. The number of methoxy groups -OCH3 is 1. The molecule has 9 nitrogen and oxygen atoms in total. The van der Waals surface area contributed by atoms with Crippen molar-refractivity contribution in [3.8, 4) is 11.3 Å². The van der Waals surface area contributed by atoms with Crippen molar-refractivity contribution in [2.24, 2.45) is 0 Å². The Kier molecular flexibility index (Phi) is 4.55. The monoisotopic (exact) mass is 341 g/mol. The lowest BCUT2D eigenvalue weighted by Crippen LogP contribution is -2.27. The van der Waals surface area contributed by atoms with Crippen LogP contribution in [-0.4, -0.2) is 45.3 Å². The van der Waals surface area contributed by atoms with Crippen LogP contribution in [0.4, 0.5) is 0 Å². The number of aromatic amines is 1. The minimum absolute atomic E-state index is 0.179. The Morgan fingerprint density at radius 3 is 2.76 bits per heavy atom. The molecule has 0 aromatic carbocycles. The van der Waals surface area contributed by atoms with Crippen LogP contribution in [-0.2, 0) is 11.3 Å². The van der Waals surface area contributed by atoms with Crippen LogP contribution in [0.2, 0.25) is 0 Å². The largest absolute Gasteiger partial charge is 0.465 e. The predicted octanol–water partition coefficient (Wildman–Crippen LogP) is 0.288. The number of rotatable bonds is 5. The molecular formula is C16H15N5O4. The van der Waals surface area contributed by atoms with Crippen LogP contribution < -0.4 is 10.9 Å². The smallest absolute Gasteiger partial charge is 0.341 e. The molecule has 1 amide bonds. The van der Waals surface area contributed by atoms with Crippen molar-refractivity contribution < 1.29 is 14.3 Å². The number of hydrogen-bond donors (Lipinski definition) is 2. The van der Waals surface area contributed by atoms with Crippen LogP contribution in [0.1, 0.15) is 20.7 Å². The number of pyridine rings is 2. The van der Waals surface area contributed by atoms with Crippen LogP contribution in [0.25, 0.3) is 11.3 Å². The van der Waals surface area contributed by atoms with Gasteiger partial charge in [-0.1, -0.05) is 0 Å². The van der Waals surface area contributed by atoms with Crippen LogP contribution in [0.3, 0.4) is 0 Å². The molecule has 0 fully saturated rings. The van der Waals surface area contributed by atoms with Gasteiger partial charge in [-0.15, -0.1) is 0 Å². The molecule has 1 aromatic heterocycles. The molecule has 2 aliphatic heterocycles. The van der Waals surface area contributed by atoms with E-state index in [4.69, 9.17) is 4.74 Å². The zero-order valence-corrected chi connectivity index (χ0v) is 13.4. The molecule has 0 atom stereocenters. The van der Waals surface area contributed by atoms with Crippen molar-refractivity contribution >= 4 is 11.9 Å². The van der Waals surface area contributed by atoms with Crippen molar-refractivity contribution in [3.05, 3.63) is 58.4 Å². The molecule has 0 bridgehead atoms. The first kappa shape index (κ1) is 16.4. The number of nitrogens with zero attached hydrogens (tertiary/aromatic N) is 3. The quantitative estimate of drug-likeness (QED) is 0.644. The molecule has 2 N–H and O–H groups in total. The Morgan fingerprint density at radius 1 is 1.28 bits per heavy atom. The number of hydrogen-bond acceptors (Lipinski definition) is 6. The molecule has 2 aliphatic rings. The van der Waals surface area contributed by atoms with E-state index in [2.05, 4.69) is 20.5 Å². The molecule has 9 heteroatoms. The molecule has 0 unspecified atom stereocenters. The van der Waals surface area contributed by atoms with Gasteiger partial charge in [0.2, 0.25) is 0 Å². The lowest BCUT2D eigenvalue weighted by atomic mass is 10.1. The fourth-order valence-electron chi connectivity index (χ4n) is 2.38. The van der Waals surface area contributed by atoms with Gasteiger partial charge in [0.05, 0.1) is 12.7 Å². The highest BCUT2D eigenvalue weighted by Crippen LogP contribution is 2.20. The summed E-state index contributed by atoms with van der Waals surface area (Å²) in [5.41, 5.74) is 0.828. The average molecular weight is 341 g/mol. The maximum absolute atomic E-state index is 12.0. The van der Waals surface area contributed by atoms with Gasteiger partial charge >= 0.3 is 5.97 Å². The van der Waals surface area contributed by atoms with E-state index in [1.165, 1.54) is 25.7 Å². The summed E-state index contributed by atoms with van der Waals surface area (Å²) >= 11 is 0. The van der Waals surface area contributed by atoms with Gasteiger partial charge in [0.1, 0.15) is 11.3 Å². The molecule has 0 aliphatic carbocycles. The van der Waals surface area contributed by atoms with Gasteiger partial charge in [0.15, 0.2) is 0 Å². The highest BCUT2D eigenvalue weighted by atomic mass is 16.5. The Hall–Kier alpha value is -3.49. The summed E-state index contributed by atoms with van der Waals surface area (Å²) in [6, 6.07) is 3.22. The van der Waals surface area contributed by atoms with E-state index in [0.29, 0.717) is 18.7 Å². The predicted molar refractivity (Wildman–Crippen MR) is 87.4 cm³/mol. The molecule has 0 spiro atoms. The third-order valence-electron chi connectivity index (χ3n) is 3.62. The normalized spacial score (nSPS) is 10.6. The number of carbonyl (C=O) groups excluding carboxylic acids is 2. The Labute approximate surface area is 142 Å². The second kappa shape index (κ2) is 6.95. The third kappa shape index (κ3) is 3.39. The number of amides is 1. The summed E-state index contributed by atoms with van der Waals surface area (Å²) in [5, 5.41) is 8.93. The van der Waals surface area contributed by atoms with E-state index in [9.17, 15) is 14.4 Å². The summed E-state index contributed by atoms with van der Waals surface area (Å²) in [6.07, 6.45) is 6.18. The third-order valence-corrected chi connectivity index (χ3v) is 3.62. The van der Waals surface area contributed by atoms with E-state index >= 15 is 0 Å². The molecule has 0 saturated carbocycles. The summed E-state index contributed by atoms with van der Waals surface area (Å²) in [4.78, 5) is 39.5. The van der Waals surface area contributed by atoms with Crippen molar-refractivity contribution in [2.75, 3.05) is 13.7 Å². The molecule has 25 heavy (non-hydrogen) atoms. The van der Waals surface area contributed by atoms with Gasteiger partial charge in [-0.3, -0.25) is 14.6 Å². The van der Waals surface area contributed by atoms with E-state index in [-0.39, 0.29) is 22.7 Å². The second-order valence-electron chi connectivity index (χ2n) is 5.21. The lowest BCUT2D eigenvalue weighted by molar-refractivity contribution is 0.0600. The summed E-state index contributed by atoms with van der Waals surface area (Å²) < 4.78 is 6.36. The highest BCUT2D eigenvalue weighted by molar-refractivity contribution is 5.96. The number of H-pyrrole nitrogens is 1. The highest BCUT2D eigenvalue weighted by Gasteiger charge is 2.21. The minimum Gasteiger partial charge on any atom is -0.465 e. The molecule has 128 valence electrons. The van der Waals surface area contributed by atoms with Crippen molar-refractivity contribution in [2.45, 2.75) is 6.54 Å². The number of aromatic nitrogens is 4. The van der Waals surface area contributed by atoms with Crippen LogP contribution in [0, 0.1) is 0 Å². The molecule has 3 heterocycles. The number of carbonyl (C=O) groups is 2. The van der Waals surface area contributed by atoms with Crippen molar-refractivity contribution in [1.29, 1.82) is 0 Å². The van der Waals surface area contributed by atoms with E-state index in [0.717, 1.165) is 0 Å². The summed E-state index contributed by atoms with van der Waals surface area (Å²) in [6.45, 7) is 0.672. The van der Waals surface area contributed by atoms with Gasteiger partial charge in [0, 0.05) is 43.4 Å². The SMILES string of the molecule is COC(=O)c1cn(CCNC(=O)c2ccncc2)cc2c(=O)[nH]nc1-2. The first-order valence-electron chi connectivity index (χ1n) is 7.45. The van der Waals surface area contributed by atoms with Gasteiger partial charge in [-0.2, -0.15) is 5.10 Å². The Bertz CT molecular complexity index is 931. The second-order valence-corrected chi connectivity index (χ2v) is 5.21. The van der Waals surface area contributed by atoms with E-state index in [1.54, 1.807) is 22.9 Å². The van der Waals surface area contributed by atoms with Gasteiger partial charge in [0.25, 0.3) is 11.5 Å². The first-order chi connectivity index (χ1) is 12.1. The molecular weight excluding hydrogens is 326 g/mol. The van der Waals surface area contributed by atoms with Gasteiger partial charge < -0.3 is 14.6 Å². The number of ether oxygens (including phenoxy) is 1. The molecule has 3 rings (SSSR count). The topological polar surface area (TPSA) is 119 Å². The number of fused-ring (bicyclic) bond motifs is 1. The van der Waals surface area contributed by atoms with Gasteiger partial charge in [-0.25, -0.2) is 9.89 Å². The number of nitrogens with one attached hydrogen (secondary N) is 2. The van der Waals surface area contributed by atoms with Crippen LogP contribution in [0.5, 0.6) is 0 Å². The Morgan fingerprint density at radius 2 is 2.04 bits per heavy atom. The Balaban J connectivity index is 1.76. The minimum atomic E-state index is -0.591. The van der Waals surface area contributed by atoms with Gasteiger partial charge in [-0.05, 0) is 12.1 Å². The molecule has 0 saturated heterocycles. The lowest BCUT2D eigenvalue weighted by Gasteiger charge is -2.12. The fourth-order valence-corrected chi connectivity index (χ4v) is 2.38. The van der Waals surface area contributed by atoms with Crippen LogP contribution >= 0.6 is 0 Å². The maximum atomic E-state index is 12.0. The summed E-state index contributed by atoms with van der Waals surface area (Å²) in [5.74, 6) is -0.822. The molecule has 1 aromatic rings. The molecule has 0 radical (unpaired) electrons. The van der Waals surface area contributed by atoms with E-state index < -0.39 is 11.5 Å². The van der Waals surface area contributed by atoms with Crippen LogP contribution in [0.15, 0.2) is 41.7 Å². The maximum Gasteiger partial charge on any atom is 0.341 e. The zero-order chi connectivity index (χ0) is 17.8. The zero-order valence-electron chi connectivity index (χ0n) is 13.4.